The molecule has 2 nitrogen and oxygen atoms in total. The Labute approximate surface area is 90.3 Å². The highest BCUT2D eigenvalue weighted by Gasteiger charge is 2.15. The zero-order chi connectivity index (χ0) is 11.3. The summed E-state index contributed by atoms with van der Waals surface area (Å²) in [5.74, 6) is -0.0757. The molecule has 1 atom stereocenters. The minimum atomic E-state index is -0.802. The molecular weight excluding hydrogens is 188 g/mol. The predicted molar refractivity (Wildman–Crippen MR) is 60.5 cm³/mol. The van der Waals surface area contributed by atoms with E-state index >= 15 is 0 Å². The summed E-state index contributed by atoms with van der Waals surface area (Å²) < 4.78 is 0. The number of carbonyl (C=O) groups excluding carboxylic acids is 1. The number of rotatable bonds is 4. The van der Waals surface area contributed by atoms with Gasteiger partial charge in [-0.25, -0.2) is 0 Å². The second kappa shape index (κ2) is 5.47. The third-order valence-electron chi connectivity index (χ3n) is 2.24. The number of hydrogen-bond donors (Lipinski definition) is 1. The zero-order valence-corrected chi connectivity index (χ0v) is 9.10. The maximum atomic E-state index is 11.3. The topological polar surface area (TPSA) is 37.3 Å². The van der Waals surface area contributed by atoms with Gasteiger partial charge in [0.05, 0.1) is 0 Å². The Morgan fingerprint density at radius 3 is 2.47 bits per heavy atom. The number of ketones is 1. The van der Waals surface area contributed by atoms with E-state index in [0.29, 0.717) is 5.57 Å². The first-order valence-electron chi connectivity index (χ1n) is 5.10. The lowest BCUT2D eigenvalue weighted by Crippen LogP contribution is -2.08. The van der Waals surface area contributed by atoms with Gasteiger partial charge < -0.3 is 5.11 Å². The van der Waals surface area contributed by atoms with Gasteiger partial charge in [-0.15, -0.1) is 0 Å². The number of hydrogen-bond acceptors (Lipinski definition) is 2. The van der Waals surface area contributed by atoms with E-state index in [-0.39, 0.29) is 5.78 Å². The van der Waals surface area contributed by atoms with Gasteiger partial charge in [-0.3, -0.25) is 4.79 Å². The molecule has 0 fully saturated rings. The van der Waals surface area contributed by atoms with Crippen molar-refractivity contribution >= 4 is 5.78 Å². The molecule has 15 heavy (non-hydrogen) atoms. The van der Waals surface area contributed by atoms with E-state index in [2.05, 4.69) is 0 Å². The van der Waals surface area contributed by atoms with E-state index in [4.69, 9.17) is 0 Å². The van der Waals surface area contributed by atoms with E-state index in [1.165, 1.54) is 6.92 Å². The lowest BCUT2D eigenvalue weighted by molar-refractivity contribution is -0.114. The van der Waals surface area contributed by atoms with Crippen molar-refractivity contribution in [2.75, 3.05) is 0 Å². The van der Waals surface area contributed by atoms with Crippen LogP contribution in [0.1, 0.15) is 31.9 Å². The van der Waals surface area contributed by atoms with Gasteiger partial charge >= 0.3 is 0 Å². The quantitative estimate of drug-likeness (QED) is 0.765. The number of Topliss-reactive ketones (excluding diaryl/α,β-unsaturated/α-hetero) is 1. The Kier molecular flexibility index (Phi) is 4.25. The standard InChI is InChI=1S/C13H16O2/c1-3-7-12(10(2)14)13(15)11-8-5-4-6-9-11/h4-9,13,15H,3H2,1-2H3/b12-7+. The molecule has 1 N–H and O–H groups in total. The smallest absolute Gasteiger partial charge is 0.158 e. The minimum Gasteiger partial charge on any atom is -0.384 e. The van der Waals surface area contributed by atoms with Crippen LogP contribution in [0.15, 0.2) is 42.0 Å². The molecule has 80 valence electrons. The fourth-order valence-electron chi connectivity index (χ4n) is 1.48. The normalized spacial score (nSPS) is 13.7. The van der Waals surface area contributed by atoms with E-state index in [1.807, 2.05) is 37.3 Å². The lowest BCUT2D eigenvalue weighted by atomic mass is 9.98. The molecule has 0 radical (unpaired) electrons. The fourth-order valence-corrected chi connectivity index (χ4v) is 1.48. The van der Waals surface area contributed by atoms with Crippen molar-refractivity contribution in [2.45, 2.75) is 26.4 Å². The van der Waals surface area contributed by atoms with Gasteiger partial charge in [-0.1, -0.05) is 43.3 Å². The lowest BCUT2D eigenvalue weighted by Gasteiger charge is -2.12. The molecule has 0 saturated heterocycles. The average molecular weight is 204 g/mol. The van der Waals surface area contributed by atoms with Crippen LogP contribution in [0.25, 0.3) is 0 Å². The molecule has 1 unspecified atom stereocenters. The maximum absolute atomic E-state index is 11.3. The van der Waals surface area contributed by atoms with Gasteiger partial charge in [0.2, 0.25) is 0 Å². The summed E-state index contributed by atoms with van der Waals surface area (Å²) in [4.78, 5) is 11.3. The Hall–Kier alpha value is -1.41. The molecule has 1 aromatic carbocycles. The summed E-state index contributed by atoms with van der Waals surface area (Å²) >= 11 is 0. The van der Waals surface area contributed by atoms with Gasteiger partial charge in [-0.2, -0.15) is 0 Å². The Morgan fingerprint density at radius 1 is 1.40 bits per heavy atom. The first-order valence-corrected chi connectivity index (χ1v) is 5.10. The summed E-state index contributed by atoms with van der Waals surface area (Å²) in [5.41, 5.74) is 1.23. The van der Waals surface area contributed by atoms with Crippen molar-refractivity contribution in [1.29, 1.82) is 0 Å². The highest BCUT2D eigenvalue weighted by molar-refractivity contribution is 5.94. The molecule has 0 amide bonds. The summed E-state index contributed by atoms with van der Waals surface area (Å²) in [6, 6.07) is 9.21. The van der Waals surface area contributed by atoms with Crippen LogP contribution in [0, 0.1) is 0 Å². The number of carbonyl (C=O) groups is 1. The Morgan fingerprint density at radius 2 is 2.00 bits per heavy atom. The van der Waals surface area contributed by atoms with Crippen molar-refractivity contribution in [2.24, 2.45) is 0 Å². The highest BCUT2D eigenvalue weighted by atomic mass is 16.3. The van der Waals surface area contributed by atoms with Crippen molar-refractivity contribution < 1.29 is 9.90 Å². The molecule has 0 aliphatic heterocycles. The summed E-state index contributed by atoms with van der Waals surface area (Å²) in [7, 11) is 0. The van der Waals surface area contributed by atoms with E-state index < -0.39 is 6.10 Å². The summed E-state index contributed by atoms with van der Waals surface area (Å²) in [5, 5.41) is 9.99. The monoisotopic (exact) mass is 204 g/mol. The van der Waals surface area contributed by atoms with Gasteiger partial charge in [0.1, 0.15) is 6.10 Å². The molecule has 0 heterocycles. The van der Waals surface area contributed by atoms with Gasteiger partial charge in [0.15, 0.2) is 5.78 Å². The van der Waals surface area contributed by atoms with Crippen molar-refractivity contribution in [3.05, 3.63) is 47.5 Å². The second-order valence-electron chi connectivity index (χ2n) is 3.44. The minimum absolute atomic E-state index is 0.0757. The first-order chi connectivity index (χ1) is 7.16. The van der Waals surface area contributed by atoms with Crippen LogP contribution in [-0.4, -0.2) is 10.9 Å². The third-order valence-corrected chi connectivity index (χ3v) is 2.24. The molecule has 0 aliphatic rings. The molecule has 0 aromatic heterocycles. The number of allylic oxidation sites excluding steroid dienone is 1. The van der Waals surface area contributed by atoms with Gasteiger partial charge in [0.25, 0.3) is 0 Å². The van der Waals surface area contributed by atoms with Crippen LogP contribution in [0.5, 0.6) is 0 Å². The highest BCUT2D eigenvalue weighted by Crippen LogP contribution is 2.22. The third kappa shape index (κ3) is 3.03. The maximum Gasteiger partial charge on any atom is 0.158 e. The van der Waals surface area contributed by atoms with E-state index in [0.717, 1.165) is 12.0 Å². The van der Waals surface area contributed by atoms with E-state index in [9.17, 15) is 9.90 Å². The molecule has 0 bridgehead atoms. The molecule has 0 spiro atoms. The van der Waals surface area contributed by atoms with Crippen molar-refractivity contribution in [1.82, 2.24) is 0 Å². The Bertz CT molecular complexity index is 352. The molecule has 2 heteroatoms. The molecule has 0 aliphatic carbocycles. The van der Waals surface area contributed by atoms with Gasteiger partial charge in [-0.05, 0) is 18.9 Å². The van der Waals surface area contributed by atoms with Crippen LogP contribution >= 0.6 is 0 Å². The number of aliphatic hydroxyl groups is 1. The zero-order valence-electron chi connectivity index (χ0n) is 9.10. The van der Waals surface area contributed by atoms with Crippen LogP contribution in [0.2, 0.25) is 0 Å². The number of aliphatic hydroxyl groups excluding tert-OH is 1. The molecule has 1 rings (SSSR count). The summed E-state index contributed by atoms with van der Waals surface area (Å²) in [6.07, 6.45) is 1.72. The van der Waals surface area contributed by atoms with Crippen molar-refractivity contribution in [3.8, 4) is 0 Å². The van der Waals surface area contributed by atoms with Crippen LogP contribution < -0.4 is 0 Å². The average Bonchev–Trinajstić information content (AvgIpc) is 2.26. The Balaban J connectivity index is 2.96. The predicted octanol–water partition coefficient (Wildman–Crippen LogP) is 2.65. The first kappa shape index (κ1) is 11.7. The number of benzene rings is 1. The molecule has 1 aromatic rings. The molecule has 0 saturated carbocycles. The van der Waals surface area contributed by atoms with Crippen LogP contribution in [0.4, 0.5) is 0 Å². The van der Waals surface area contributed by atoms with E-state index in [1.54, 1.807) is 6.08 Å². The second-order valence-corrected chi connectivity index (χ2v) is 3.44. The van der Waals surface area contributed by atoms with Gasteiger partial charge in [0, 0.05) is 5.57 Å². The van der Waals surface area contributed by atoms with Crippen molar-refractivity contribution in [3.63, 3.8) is 0 Å². The van der Waals surface area contributed by atoms with Crippen LogP contribution in [0.3, 0.4) is 0 Å². The summed E-state index contributed by atoms with van der Waals surface area (Å²) in [6.45, 7) is 3.42. The SMILES string of the molecule is CC/C=C(\C(C)=O)C(O)c1ccccc1. The fraction of sp³-hybridized carbons (Fsp3) is 0.308. The van der Waals surface area contributed by atoms with Crippen LogP contribution in [-0.2, 0) is 4.79 Å². The molecular formula is C13H16O2. The largest absolute Gasteiger partial charge is 0.384 e.